The Balaban J connectivity index is 1.82. The van der Waals surface area contributed by atoms with Gasteiger partial charge in [-0.25, -0.2) is 4.98 Å². The molecule has 3 rings (SSSR count). The quantitative estimate of drug-likeness (QED) is 0.869. The standard InChI is InChI=1S/C16H20N4O/c1-11(2)16-17-5-7-19(16)10-15(21)20-6-4-13-14(20)8-12(3)9-18-13/h5,7-9,11H,4,6,10H2,1-3H3. The number of carbonyl (C=O) groups excluding carboxylic acids is 1. The van der Waals surface area contributed by atoms with Crippen molar-refractivity contribution in [1.29, 1.82) is 0 Å². The van der Waals surface area contributed by atoms with Crippen LogP contribution in [0.25, 0.3) is 0 Å². The molecule has 0 spiro atoms. The van der Waals surface area contributed by atoms with Gasteiger partial charge in [-0.15, -0.1) is 0 Å². The van der Waals surface area contributed by atoms with E-state index in [-0.39, 0.29) is 5.91 Å². The number of fused-ring (bicyclic) bond motifs is 1. The Morgan fingerprint density at radius 3 is 2.95 bits per heavy atom. The van der Waals surface area contributed by atoms with Gasteiger partial charge in [0.25, 0.3) is 0 Å². The van der Waals surface area contributed by atoms with Crippen LogP contribution in [0.15, 0.2) is 24.7 Å². The average molecular weight is 284 g/mol. The van der Waals surface area contributed by atoms with Crippen LogP contribution in [0.2, 0.25) is 0 Å². The van der Waals surface area contributed by atoms with Gasteiger partial charge in [-0.05, 0) is 18.6 Å². The second-order valence-corrected chi connectivity index (χ2v) is 5.84. The van der Waals surface area contributed by atoms with E-state index in [1.807, 2.05) is 34.9 Å². The van der Waals surface area contributed by atoms with E-state index in [0.29, 0.717) is 12.5 Å². The van der Waals surface area contributed by atoms with Crippen LogP contribution in [0.1, 0.15) is 36.8 Å². The Morgan fingerprint density at radius 1 is 1.38 bits per heavy atom. The molecule has 5 nitrogen and oxygen atoms in total. The molecule has 110 valence electrons. The fraction of sp³-hybridized carbons (Fsp3) is 0.438. The van der Waals surface area contributed by atoms with E-state index in [4.69, 9.17) is 0 Å². The van der Waals surface area contributed by atoms with E-state index in [1.165, 1.54) is 0 Å². The number of nitrogens with zero attached hydrogens (tertiary/aromatic N) is 4. The predicted molar refractivity (Wildman–Crippen MR) is 81.3 cm³/mol. The molecule has 2 aromatic rings. The van der Waals surface area contributed by atoms with Crippen molar-refractivity contribution in [2.75, 3.05) is 11.4 Å². The summed E-state index contributed by atoms with van der Waals surface area (Å²) < 4.78 is 1.94. The van der Waals surface area contributed by atoms with Crippen LogP contribution in [0.5, 0.6) is 0 Å². The highest BCUT2D eigenvalue weighted by molar-refractivity contribution is 5.95. The molecule has 5 heteroatoms. The molecule has 0 saturated carbocycles. The van der Waals surface area contributed by atoms with Gasteiger partial charge in [-0.3, -0.25) is 9.78 Å². The second-order valence-electron chi connectivity index (χ2n) is 5.84. The first-order valence-corrected chi connectivity index (χ1v) is 7.33. The van der Waals surface area contributed by atoms with Crippen LogP contribution in [0.3, 0.4) is 0 Å². The minimum absolute atomic E-state index is 0.0982. The number of hydrogen-bond donors (Lipinski definition) is 0. The van der Waals surface area contributed by atoms with Gasteiger partial charge < -0.3 is 9.47 Å². The fourth-order valence-corrected chi connectivity index (χ4v) is 2.79. The van der Waals surface area contributed by atoms with Crippen molar-refractivity contribution in [2.24, 2.45) is 0 Å². The van der Waals surface area contributed by atoms with E-state index in [1.54, 1.807) is 6.20 Å². The molecule has 0 N–H and O–H groups in total. The summed E-state index contributed by atoms with van der Waals surface area (Å²) in [5.41, 5.74) is 3.06. The molecule has 0 bridgehead atoms. The fourth-order valence-electron chi connectivity index (χ4n) is 2.79. The normalized spacial score (nSPS) is 13.8. The van der Waals surface area contributed by atoms with E-state index < -0.39 is 0 Å². The molecule has 0 radical (unpaired) electrons. The third kappa shape index (κ3) is 2.55. The lowest BCUT2D eigenvalue weighted by Crippen LogP contribution is -2.32. The van der Waals surface area contributed by atoms with Gasteiger partial charge in [0.2, 0.25) is 5.91 Å². The van der Waals surface area contributed by atoms with Crippen LogP contribution in [0.4, 0.5) is 5.69 Å². The van der Waals surface area contributed by atoms with Gasteiger partial charge in [-0.1, -0.05) is 13.8 Å². The highest BCUT2D eigenvalue weighted by Crippen LogP contribution is 2.27. The first-order chi connectivity index (χ1) is 10.1. The van der Waals surface area contributed by atoms with Crippen molar-refractivity contribution in [3.8, 4) is 0 Å². The SMILES string of the molecule is Cc1cnc2c(c1)N(C(=O)Cn1ccnc1C(C)C)CC2. The molecule has 3 heterocycles. The zero-order chi connectivity index (χ0) is 15.0. The second kappa shape index (κ2) is 5.31. The first-order valence-electron chi connectivity index (χ1n) is 7.33. The Labute approximate surface area is 124 Å². The summed E-state index contributed by atoms with van der Waals surface area (Å²) in [4.78, 5) is 23.2. The first kappa shape index (κ1) is 13.8. The lowest BCUT2D eigenvalue weighted by Gasteiger charge is -2.19. The topological polar surface area (TPSA) is 51.0 Å². The van der Waals surface area contributed by atoms with Gasteiger partial charge in [0.1, 0.15) is 12.4 Å². The molecule has 1 aliphatic heterocycles. The Kier molecular flexibility index (Phi) is 3.49. The minimum atomic E-state index is 0.0982. The van der Waals surface area contributed by atoms with Crippen molar-refractivity contribution >= 4 is 11.6 Å². The molecular weight excluding hydrogens is 264 g/mol. The number of pyridine rings is 1. The molecule has 0 aliphatic carbocycles. The van der Waals surface area contributed by atoms with Crippen LogP contribution in [-0.4, -0.2) is 27.0 Å². The summed E-state index contributed by atoms with van der Waals surface area (Å²) in [7, 11) is 0. The molecule has 0 fully saturated rings. The van der Waals surface area contributed by atoms with Crippen molar-refractivity contribution in [1.82, 2.24) is 14.5 Å². The van der Waals surface area contributed by atoms with Crippen molar-refractivity contribution in [2.45, 2.75) is 39.7 Å². The highest BCUT2D eigenvalue weighted by atomic mass is 16.2. The molecule has 1 aliphatic rings. The Bertz CT molecular complexity index is 675. The number of hydrogen-bond acceptors (Lipinski definition) is 3. The summed E-state index contributed by atoms with van der Waals surface area (Å²) in [6.07, 6.45) is 6.33. The maximum atomic E-state index is 12.6. The van der Waals surface area contributed by atoms with Gasteiger partial charge in [-0.2, -0.15) is 0 Å². The maximum Gasteiger partial charge on any atom is 0.247 e. The summed E-state index contributed by atoms with van der Waals surface area (Å²) in [6, 6.07) is 2.05. The van der Waals surface area contributed by atoms with E-state index >= 15 is 0 Å². The number of carbonyl (C=O) groups is 1. The number of anilines is 1. The van der Waals surface area contributed by atoms with Gasteiger partial charge in [0, 0.05) is 37.5 Å². The molecule has 1 amide bonds. The number of rotatable bonds is 3. The predicted octanol–water partition coefficient (Wildman–Crippen LogP) is 2.30. The summed E-state index contributed by atoms with van der Waals surface area (Å²) in [6.45, 7) is 7.22. The molecular formula is C16H20N4O. The van der Waals surface area contributed by atoms with Gasteiger partial charge >= 0.3 is 0 Å². The molecule has 0 unspecified atom stereocenters. The zero-order valence-electron chi connectivity index (χ0n) is 12.7. The van der Waals surface area contributed by atoms with Crippen molar-refractivity contribution < 1.29 is 4.79 Å². The summed E-state index contributed by atoms with van der Waals surface area (Å²) >= 11 is 0. The third-order valence-corrected chi connectivity index (χ3v) is 3.82. The molecule has 0 saturated heterocycles. The van der Waals surface area contributed by atoms with Gasteiger partial charge in [0.05, 0.1) is 11.4 Å². The maximum absolute atomic E-state index is 12.6. The van der Waals surface area contributed by atoms with E-state index in [9.17, 15) is 4.79 Å². The Morgan fingerprint density at radius 2 is 2.19 bits per heavy atom. The highest BCUT2D eigenvalue weighted by Gasteiger charge is 2.26. The molecule has 2 aromatic heterocycles. The summed E-state index contributed by atoms with van der Waals surface area (Å²) in [5.74, 6) is 1.36. The average Bonchev–Trinajstić information content (AvgIpc) is 3.04. The monoisotopic (exact) mass is 284 g/mol. The van der Waals surface area contributed by atoms with E-state index in [0.717, 1.165) is 35.7 Å². The smallest absolute Gasteiger partial charge is 0.247 e. The molecule has 21 heavy (non-hydrogen) atoms. The van der Waals surface area contributed by atoms with Crippen molar-refractivity contribution in [3.05, 3.63) is 41.7 Å². The molecule has 0 aromatic carbocycles. The van der Waals surface area contributed by atoms with Crippen molar-refractivity contribution in [3.63, 3.8) is 0 Å². The zero-order valence-corrected chi connectivity index (χ0v) is 12.7. The largest absolute Gasteiger partial charge is 0.325 e. The van der Waals surface area contributed by atoms with Crippen LogP contribution in [-0.2, 0) is 17.8 Å². The third-order valence-electron chi connectivity index (χ3n) is 3.82. The number of imidazole rings is 1. The number of aryl methyl sites for hydroxylation is 1. The van der Waals surface area contributed by atoms with Crippen LogP contribution in [0, 0.1) is 6.92 Å². The summed E-state index contributed by atoms with van der Waals surface area (Å²) in [5, 5.41) is 0. The number of amides is 1. The van der Waals surface area contributed by atoms with Crippen LogP contribution < -0.4 is 4.90 Å². The Hall–Kier alpha value is -2.17. The van der Waals surface area contributed by atoms with Gasteiger partial charge in [0.15, 0.2) is 0 Å². The lowest BCUT2D eigenvalue weighted by molar-refractivity contribution is -0.119. The van der Waals surface area contributed by atoms with E-state index in [2.05, 4.69) is 23.8 Å². The number of aromatic nitrogens is 3. The minimum Gasteiger partial charge on any atom is -0.325 e. The molecule has 0 atom stereocenters. The van der Waals surface area contributed by atoms with Crippen LogP contribution >= 0.6 is 0 Å². The lowest BCUT2D eigenvalue weighted by atomic mass is 10.2.